The Kier molecular flexibility index (Phi) is 5.21. The highest BCUT2D eigenvalue weighted by Crippen LogP contribution is 2.42. The summed E-state index contributed by atoms with van der Waals surface area (Å²) in [7, 11) is 1.88. The lowest BCUT2D eigenvalue weighted by Gasteiger charge is -2.44. The van der Waals surface area contributed by atoms with Gasteiger partial charge in [0, 0.05) is 18.5 Å². The third-order valence-electron chi connectivity index (χ3n) is 6.87. The summed E-state index contributed by atoms with van der Waals surface area (Å²) >= 11 is 0. The fourth-order valence-electron chi connectivity index (χ4n) is 5.39. The van der Waals surface area contributed by atoms with Gasteiger partial charge in [0.2, 0.25) is 0 Å². The van der Waals surface area contributed by atoms with E-state index in [0.717, 1.165) is 36.0 Å². The molecule has 2 N–H and O–H groups in total. The number of nitrogens with zero attached hydrogens (tertiary/aromatic N) is 3. The number of hydrogen-bond acceptors (Lipinski definition) is 2. The summed E-state index contributed by atoms with van der Waals surface area (Å²) in [5.74, 6) is 1.79. The van der Waals surface area contributed by atoms with Gasteiger partial charge < -0.3 is 15.1 Å². The van der Waals surface area contributed by atoms with Gasteiger partial charge in [0.1, 0.15) is 5.84 Å². The molecule has 4 nitrogen and oxygen atoms in total. The van der Waals surface area contributed by atoms with E-state index in [2.05, 4.69) is 30.0 Å². The van der Waals surface area contributed by atoms with Gasteiger partial charge in [-0.3, -0.25) is 4.99 Å². The van der Waals surface area contributed by atoms with Crippen LogP contribution in [0, 0.1) is 5.92 Å². The summed E-state index contributed by atoms with van der Waals surface area (Å²) in [5.41, 5.74) is 9.18. The molecule has 138 valence electrons. The molecule has 2 heterocycles. The summed E-state index contributed by atoms with van der Waals surface area (Å²) in [6.45, 7) is 16.9. The van der Waals surface area contributed by atoms with Gasteiger partial charge >= 0.3 is 0 Å². The molecule has 1 saturated carbocycles. The van der Waals surface area contributed by atoms with Crippen LogP contribution in [0.15, 0.2) is 41.4 Å². The maximum Gasteiger partial charge on any atom is 0.131 e. The summed E-state index contributed by atoms with van der Waals surface area (Å²) in [4.78, 5) is 7.02. The molecule has 0 aromatic carbocycles. The van der Waals surface area contributed by atoms with E-state index in [1.165, 1.54) is 56.3 Å². The van der Waals surface area contributed by atoms with Crippen molar-refractivity contribution in [3.05, 3.63) is 36.5 Å². The van der Waals surface area contributed by atoms with Crippen molar-refractivity contribution in [1.82, 2.24) is 4.90 Å². The van der Waals surface area contributed by atoms with Crippen molar-refractivity contribution >= 4 is 5.84 Å². The maximum atomic E-state index is 6.83. The molecule has 2 saturated heterocycles. The highest BCUT2D eigenvalue weighted by molar-refractivity contribution is 6.01. The zero-order chi connectivity index (χ0) is 18.1. The van der Waals surface area contributed by atoms with Crippen molar-refractivity contribution < 1.29 is 4.48 Å². The third-order valence-corrected chi connectivity index (χ3v) is 6.87. The van der Waals surface area contributed by atoms with Crippen molar-refractivity contribution in [2.24, 2.45) is 16.6 Å². The molecule has 3 aliphatic rings. The highest BCUT2D eigenvalue weighted by Gasteiger charge is 2.54. The lowest BCUT2D eigenvalue weighted by atomic mass is 9.76. The standard InChI is InChI=1S/C21H35N4/c1-5-17(3)19(6-2)20(23-4)24-11-13-25(14-12-24)15-18-9-7-8-10-21(18,22)16-25/h5-6,18H,1-2,7-16,22H2,3-4H3/q+1/b19-17+,23-20?. The smallest absolute Gasteiger partial charge is 0.131 e. The van der Waals surface area contributed by atoms with Crippen LogP contribution in [0.25, 0.3) is 0 Å². The van der Waals surface area contributed by atoms with Crippen molar-refractivity contribution in [3.8, 4) is 0 Å². The summed E-state index contributed by atoms with van der Waals surface area (Å²) in [6, 6.07) is 0. The monoisotopic (exact) mass is 343 g/mol. The Morgan fingerprint density at radius 3 is 2.52 bits per heavy atom. The average molecular weight is 344 g/mol. The van der Waals surface area contributed by atoms with Crippen molar-refractivity contribution in [2.75, 3.05) is 46.3 Å². The van der Waals surface area contributed by atoms with Crippen LogP contribution in [0.4, 0.5) is 0 Å². The number of hydrogen-bond donors (Lipinski definition) is 1. The van der Waals surface area contributed by atoms with E-state index in [1.54, 1.807) is 0 Å². The summed E-state index contributed by atoms with van der Waals surface area (Å²) < 4.78 is 1.22. The van der Waals surface area contributed by atoms with Gasteiger partial charge in [-0.25, -0.2) is 0 Å². The first kappa shape index (κ1) is 18.4. The number of nitrogens with two attached hydrogens (primary N) is 1. The van der Waals surface area contributed by atoms with Crippen LogP contribution < -0.4 is 5.73 Å². The molecule has 1 spiro atoms. The number of piperazine rings is 1. The van der Waals surface area contributed by atoms with Crippen LogP contribution >= 0.6 is 0 Å². The number of aliphatic imine (C=N–C) groups is 1. The molecule has 1 aliphatic carbocycles. The lowest BCUT2D eigenvalue weighted by molar-refractivity contribution is -0.922. The number of fused-ring (bicyclic) bond motifs is 1. The van der Waals surface area contributed by atoms with Gasteiger partial charge in [0.15, 0.2) is 0 Å². The van der Waals surface area contributed by atoms with Crippen molar-refractivity contribution in [1.29, 1.82) is 0 Å². The van der Waals surface area contributed by atoms with E-state index in [4.69, 9.17) is 5.73 Å². The molecule has 0 aromatic rings. The number of quaternary nitrogens is 1. The third kappa shape index (κ3) is 3.34. The van der Waals surface area contributed by atoms with Crippen LogP contribution in [-0.2, 0) is 0 Å². The maximum absolute atomic E-state index is 6.83. The lowest BCUT2D eigenvalue weighted by Crippen LogP contribution is -2.61. The van der Waals surface area contributed by atoms with Gasteiger partial charge in [-0.15, -0.1) is 0 Å². The zero-order valence-corrected chi connectivity index (χ0v) is 16.1. The molecule has 2 unspecified atom stereocenters. The fraction of sp³-hybridized carbons (Fsp3) is 0.667. The Balaban J connectivity index is 1.72. The Morgan fingerprint density at radius 2 is 1.96 bits per heavy atom. The molecule has 0 aromatic heterocycles. The molecule has 3 fully saturated rings. The predicted octanol–water partition coefficient (Wildman–Crippen LogP) is 2.74. The van der Waals surface area contributed by atoms with Crippen molar-refractivity contribution in [2.45, 2.75) is 38.1 Å². The predicted molar refractivity (Wildman–Crippen MR) is 107 cm³/mol. The quantitative estimate of drug-likeness (QED) is 0.370. The molecule has 0 amide bonds. The molecular formula is C21H35N4+. The van der Waals surface area contributed by atoms with Gasteiger partial charge in [-0.05, 0) is 25.3 Å². The van der Waals surface area contributed by atoms with E-state index in [9.17, 15) is 0 Å². The molecule has 3 rings (SSSR count). The van der Waals surface area contributed by atoms with Gasteiger partial charge in [0.25, 0.3) is 0 Å². The highest BCUT2D eigenvalue weighted by atomic mass is 15.4. The van der Waals surface area contributed by atoms with E-state index < -0.39 is 0 Å². The molecule has 2 atom stereocenters. The van der Waals surface area contributed by atoms with Gasteiger partial charge in [-0.2, -0.15) is 0 Å². The minimum atomic E-state index is 0.105. The Hall–Kier alpha value is -1.39. The van der Waals surface area contributed by atoms with Crippen molar-refractivity contribution in [3.63, 3.8) is 0 Å². The first-order valence-electron chi connectivity index (χ1n) is 9.79. The second-order valence-electron chi connectivity index (χ2n) is 8.34. The zero-order valence-electron chi connectivity index (χ0n) is 16.1. The largest absolute Gasteiger partial charge is 0.345 e. The van der Waals surface area contributed by atoms with E-state index in [1.807, 2.05) is 19.2 Å². The van der Waals surface area contributed by atoms with E-state index in [-0.39, 0.29) is 5.54 Å². The van der Waals surface area contributed by atoms with Crippen LogP contribution in [-0.4, -0.2) is 67.1 Å². The van der Waals surface area contributed by atoms with Crippen LogP contribution in [0.1, 0.15) is 32.6 Å². The molecule has 4 heteroatoms. The van der Waals surface area contributed by atoms with E-state index >= 15 is 0 Å². The fourth-order valence-corrected chi connectivity index (χ4v) is 5.39. The second-order valence-corrected chi connectivity index (χ2v) is 8.34. The van der Waals surface area contributed by atoms with Crippen LogP contribution in [0.5, 0.6) is 0 Å². The van der Waals surface area contributed by atoms with E-state index in [0.29, 0.717) is 0 Å². The number of rotatable bonds is 3. The SMILES string of the molecule is C=C/C(C)=C(\C=C)C(=NC)N1CC[N+]2(CC1)CC1CCCCC1(N)C2. The van der Waals surface area contributed by atoms with Crippen LogP contribution in [0.2, 0.25) is 0 Å². The molecular weight excluding hydrogens is 308 g/mol. The minimum absolute atomic E-state index is 0.105. The first-order chi connectivity index (χ1) is 12.0. The number of allylic oxidation sites excluding steroid dienone is 2. The second kappa shape index (κ2) is 7.08. The molecule has 0 bridgehead atoms. The summed E-state index contributed by atoms with van der Waals surface area (Å²) in [5, 5.41) is 0. The van der Waals surface area contributed by atoms with Gasteiger partial charge in [0.05, 0.1) is 44.8 Å². The minimum Gasteiger partial charge on any atom is -0.345 e. The Labute approximate surface area is 153 Å². The van der Waals surface area contributed by atoms with Gasteiger partial charge in [-0.1, -0.05) is 38.2 Å². The Morgan fingerprint density at radius 1 is 1.24 bits per heavy atom. The number of amidine groups is 1. The van der Waals surface area contributed by atoms with Crippen LogP contribution in [0.3, 0.4) is 0 Å². The molecule has 2 aliphatic heterocycles. The summed E-state index contributed by atoms with van der Waals surface area (Å²) in [6.07, 6.45) is 9.06. The Bertz CT molecular complexity index is 595. The topological polar surface area (TPSA) is 41.6 Å². The molecule has 0 radical (unpaired) electrons. The first-order valence-corrected chi connectivity index (χ1v) is 9.79. The molecule has 25 heavy (non-hydrogen) atoms. The normalized spacial score (nSPS) is 33.0. The average Bonchev–Trinajstić information content (AvgIpc) is 2.91.